The van der Waals surface area contributed by atoms with Gasteiger partial charge in [0.15, 0.2) is 0 Å². The fourth-order valence-electron chi connectivity index (χ4n) is 3.62. The van der Waals surface area contributed by atoms with Crippen LogP contribution in [0.3, 0.4) is 0 Å². The van der Waals surface area contributed by atoms with Crippen LogP contribution < -0.4 is 16.0 Å². The summed E-state index contributed by atoms with van der Waals surface area (Å²) in [5, 5.41) is 10.0. The van der Waals surface area contributed by atoms with E-state index in [-0.39, 0.29) is 11.9 Å². The molecule has 1 saturated heterocycles. The fraction of sp³-hybridized carbons (Fsp3) is 0.300. The summed E-state index contributed by atoms with van der Waals surface area (Å²) in [7, 11) is 0. The van der Waals surface area contributed by atoms with Crippen LogP contribution in [0.25, 0.3) is 0 Å². The van der Waals surface area contributed by atoms with Crippen LogP contribution >= 0.6 is 11.6 Å². The molecule has 0 aliphatic carbocycles. The van der Waals surface area contributed by atoms with Crippen molar-refractivity contribution >= 4 is 29.2 Å². The first kappa shape index (κ1) is 17.7. The molecule has 1 fully saturated rings. The van der Waals surface area contributed by atoms with Gasteiger partial charge in [-0.25, -0.2) is 4.79 Å². The highest BCUT2D eigenvalue weighted by Crippen LogP contribution is 2.32. The lowest BCUT2D eigenvalue weighted by Gasteiger charge is -2.45. The number of nitrogens with zero attached hydrogens (tertiary/aromatic N) is 1. The number of anilines is 1. The molecule has 4 rings (SSSR count). The minimum absolute atomic E-state index is 0.0840. The number of urea groups is 1. The number of hydrogen-bond acceptors (Lipinski definition) is 3. The van der Waals surface area contributed by atoms with Crippen LogP contribution in [-0.2, 0) is 6.54 Å². The van der Waals surface area contributed by atoms with Crippen molar-refractivity contribution in [2.45, 2.75) is 25.0 Å². The van der Waals surface area contributed by atoms with Gasteiger partial charge >= 0.3 is 6.03 Å². The highest BCUT2D eigenvalue weighted by Gasteiger charge is 2.41. The Labute approximate surface area is 162 Å². The van der Waals surface area contributed by atoms with Crippen molar-refractivity contribution in [3.05, 3.63) is 64.7 Å². The van der Waals surface area contributed by atoms with Crippen molar-refractivity contribution in [1.82, 2.24) is 15.5 Å². The van der Waals surface area contributed by atoms with Crippen LogP contribution in [-0.4, -0.2) is 35.6 Å². The Balaban J connectivity index is 1.37. The molecule has 2 aliphatic rings. The Hall–Kier alpha value is -2.73. The summed E-state index contributed by atoms with van der Waals surface area (Å²) < 4.78 is 0. The molecule has 7 heteroatoms. The highest BCUT2D eigenvalue weighted by molar-refractivity contribution is 6.31. The Morgan fingerprint density at radius 2 is 1.85 bits per heavy atom. The van der Waals surface area contributed by atoms with Crippen LogP contribution in [0, 0.1) is 0 Å². The van der Waals surface area contributed by atoms with E-state index in [0.717, 1.165) is 11.3 Å². The number of likely N-dealkylation sites (tertiary alicyclic amines) is 1. The number of piperidine rings is 1. The van der Waals surface area contributed by atoms with Gasteiger partial charge in [-0.3, -0.25) is 4.79 Å². The zero-order valence-corrected chi connectivity index (χ0v) is 15.6. The minimum atomic E-state index is -0.537. The lowest BCUT2D eigenvalue weighted by Crippen LogP contribution is -2.63. The molecule has 0 radical (unpaired) electrons. The van der Waals surface area contributed by atoms with Crippen LogP contribution in [0.1, 0.15) is 28.8 Å². The molecular weight excluding hydrogens is 364 g/mol. The van der Waals surface area contributed by atoms with Gasteiger partial charge in [0.05, 0.1) is 11.3 Å². The van der Waals surface area contributed by atoms with E-state index in [4.69, 9.17) is 11.6 Å². The van der Waals surface area contributed by atoms with Crippen molar-refractivity contribution in [1.29, 1.82) is 0 Å². The number of carbonyl (C=O) groups excluding carboxylic acids is 2. The predicted molar refractivity (Wildman–Crippen MR) is 105 cm³/mol. The molecule has 0 bridgehead atoms. The first-order valence-electron chi connectivity index (χ1n) is 9.02. The van der Waals surface area contributed by atoms with Gasteiger partial charge in [-0.15, -0.1) is 0 Å². The minimum Gasteiger partial charge on any atom is -0.362 e. The summed E-state index contributed by atoms with van der Waals surface area (Å²) in [5.41, 5.74) is 1.86. The van der Waals surface area contributed by atoms with Gasteiger partial charge in [0.25, 0.3) is 5.91 Å². The zero-order valence-electron chi connectivity index (χ0n) is 14.8. The molecule has 2 aromatic carbocycles. The van der Waals surface area contributed by atoms with E-state index < -0.39 is 5.66 Å². The van der Waals surface area contributed by atoms with Crippen molar-refractivity contribution in [3.63, 3.8) is 0 Å². The quantitative estimate of drug-likeness (QED) is 0.744. The second-order valence-electron chi connectivity index (χ2n) is 6.98. The molecule has 140 valence electrons. The molecule has 2 aliphatic heterocycles. The molecule has 1 spiro atoms. The van der Waals surface area contributed by atoms with E-state index in [0.29, 0.717) is 43.1 Å². The standard InChI is InChI=1S/C20H21ClN4O2/c21-15-6-7-16-17(12-15)23-20(24-18(16)26)8-10-25(11-9-20)19(27)22-13-14-4-2-1-3-5-14/h1-7,12,23H,8-11,13H2,(H,22,27)(H,24,26). The Morgan fingerprint density at radius 1 is 1.11 bits per heavy atom. The van der Waals surface area contributed by atoms with E-state index in [1.165, 1.54) is 0 Å². The molecule has 0 atom stereocenters. The number of amides is 3. The average Bonchev–Trinajstić information content (AvgIpc) is 2.67. The largest absolute Gasteiger partial charge is 0.362 e. The lowest BCUT2D eigenvalue weighted by atomic mass is 9.92. The maximum atomic E-state index is 12.5. The summed E-state index contributed by atoms with van der Waals surface area (Å²) in [6, 6.07) is 14.9. The maximum Gasteiger partial charge on any atom is 0.317 e. The van der Waals surface area contributed by atoms with Gasteiger partial charge in [-0.2, -0.15) is 0 Å². The van der Waals surface area contributed by atoms with E-state index in [1.54, 1.807) is 23.1 Å². The smallest absolute Gasteiger partial charge is 0.317 e. The highest BCUT2D eigenvalue weighted by atomic mass is 35.5. The lowest BCUT2D eigenvalue weighted by molar-refractivity contribution is 0.0848. The third-order valence-electron chi connectivity index (χ3n) is 5.14. The summed E-state index contributed by atoms with van der Waals surface area (Å²) in [6.07, 6.45) is 1.26. The zero-order chi connectivity index (χ0) is 18.9. The second-order valence-corrected chi connectivity index (χ2v) is 7.42. The number of carbonyl (C=O) groups is 2. The maximum absolute atomic E-state index is 12.5. The van der Waals surface area contributed by atoms with Crippen LogP contribution in [0.5, 0.6) is 0 Å². The first-order chi connectivity index (χ1) is 13.0. The molecule has 3 N–H and O–H groups in total. The van der Waals surface area contributed by atoms with E-state index in [1.807, 2.05) is 30.3 Å². The molecule has 2 heterocycles. The van der Waals surface area contributed by atoms with E-state index in [9.17, 15) is 9.59 Å². The molecule has 6 nitrogen and oxygen atoms in total. The van der Waals surface area contributed by atoms with Crippen molar-refractivity contribution in [2.24, 2.45) is 0 Å². The van der Waals surface area contributed by atoms with E-state index in [2.05, 4.69) is 16.0 Å². The van der Waals surface area contributed by atoms with E-state index >= 15 is 0 Å². The molecule has 0 aromatic heterocycles. The van der Waals surface area contributed by atoms with Gasteiger partial charge < -0.3 is 20.9 Å². The van der Waals surface area contributed by atoms with Gasteiger partial charge in [0.2, 0.25) is 0 Å². The summed E-state index contributed by atoms with van der Waals surface area (Å²) in [6.45, 7) is 1.62. The molecule has 3 amide bonds. The number of hydrogen-bond donors (Lipinski definition) is 3. The SMILES string of the molecule is O=C1NC2(CCN(C(=O)NCc3ccccc3)CC2)Nc2cc(Cl)ccc21. The molecule has 0 saturated carbocycles. The van der Waals surface area contributed by atoms with Crippen LogP contribution in [0.2, 0.25) is 5.02 Å². The van der Waals surface area contributed by atoms with Crippen molar-refractivity contribution in [3.8, 4) is 0 Å². The van der Waals surface area contributed by atoms with Gasteiger partial charge in [-0.1, -0.05) is 41.9 Å². The normalized spacial score (nSPS) is 17.7. The van der Waals surface area contributed by atoms with Gasteiger partial charge in [0, 0.05) is 37.5 Å². The monoisotopic (exact) mass is 384 g/mol. The number of fused-ring (bicyclic) bond motifs is 1. The number of nitrogens with one attached hydrogen (secondary N) is 3. The third kappa shape index (κ3) is 3.71. The molecule has 2 aromatic rings. The number of halogens is 1. The van der Waals surface area contributed by atoms with Crippen LogP contribution in [0.4, 0.5) is 10.5 Å². The number of rotatable bonds is 2. The van der Waals surface area contributed by atoms with Gasteiger partial charge in [0.1, 0.15) is 5.66 Å². The van der Waals surface area contributed by atoms with Gasteiger partial charge in [-0.05, 0) is 23.8 Å². The summed E-state index contributed by atoms with van der Waals surface area (Å²) in [4.78, 5) is 26.7. The second kappa shape index (κ2) is 7.12. The fourth-order valence-corrected chi connectivity index (χ4v) is 3.79. The van der Waals surface area contributed by atoms with Crippen LogP contribution in [0.15, 0.2) is 48.5 Å². The number of benzene rings is 2. The van der Waals surface area contributed by atoms with Crippen molar-refractivity contribution in [2.75, 3.05) is 18.4 Å². The molecule has 0 unspecified atom stereocenters. The Morgan fingerprint density at radius 3 is 2.59 bits per heavy atom. The first-order valence-corrected chi connectivity index (χ1v) is 9.39. The third-order valence-corrected chi connectivity index (χ3v) is 5.38. The summed E-state index contributed by atoms with van der Waals surface area (Å²) >= 11 is 6.07. The summed E-state index contributed by atoms with van der Waals surface area (Å²) in [5.74, 6) is -0.109. The average molecular weight is 385 g/mol. The topological polar surface area (TPSA) is 73.5 Å². The molecule has 27 heavy (non-hydrogen) atoms. The Kier molecular flexibility index (Phi) is 4.66. The molecular formula is C20H21ClN4O2. The van der Waals surface area contributed by atoms with Crippen molar-refractivity contribution < 1.29 is 9.59 Å². The Bertz CT molecular complexity index is 864. The predicted octanol–water partition coefficient (Wildman–Crippen LogP) is 3.20.